The zero-order valence-corrected chi connectivity index (χ0v) is 28.6. The smallest absolute Gasteiger partial charge is 0.180 e. The van der Waals surface area contributed by atoms with Gasteiger partial charge in [-0.3, -0.25) is 9.79 Å². The summed E-state index contributed by atoms with van der Waals surface area (Å²) in [5.74, 6) is -2.42. The van der Waals surface area contributed by atoms with Crippen molar-refractivity contribution in [1.29, 1.82) is 0 Å². The SMILES string of the molecule is CCCCCC[C@@H]1CO[C@@H]([C@@H](O)[C@](C)(O)[C@H]2CC[C@@]3(O)[C@@H]4C(=NC[C@H](C)O)C(=O)[C@@H]5C[C@@H](O)[C@@H](O)C[C@]5(C)[C@H]4CC[C@]23C)[C@H]1CO. The zero-order chi connectivity index (χ0) is 33.8. The second-order valence-electron chi connectivity index (χ2n) is 16.6. The van der Waals surface area contributed by atoms with Crippen LogP contribution in [0.5, 0.6) is 0 Å². The van der Waals surface area contributed by atoms with E-state index in [0.717, 1.165) is 32.1 Å². The first kappa shape index (κ1) is 36.3. The highest BCUT2D eigenvalue weighted by Crippen LogP contribution is 2.69. The van der Waals surface area contributed by atoms with Gasteiger partial charge in [-0.2, -0.15) is 0 Å². The van der Waals surface area contributed by atoms with Crippen molar-refractivity contribution in [2.24, 2.45) is 51.3 Å². The van der Waals surface area contributed by atoms with Gasteiger partial charge in [-0.15, -0.1) is 0 Å². The second-order valence-corrected chi connectivity index (χ2v) is 16.6. The fourth-order valence-corrected chi connectivity index (χ4v) is 11.1. The minimum Gasteiger partial charge on any atom is -0.396 e. The number of ether oxygens (including phenoxy) is 1. The molecular weight excluding hydrogens is 590 g/mol. The molecule has 1 heterocycles. The number of rotatable bonds is 11. The van der Waals surface area contributed by atoms with Crippen molar-refractivity contribution in [2.75, 3.05) is 19.8 Å². The topological polar surface area (TPSA) is 180 Å². The Hall–Kier alpha value is -0.980. The van der Waals surface area contributed by atoms with Crippen LogP contribution in [0.4, 0.5) is 0 Å². The second kappa shape index (κ2) is 13.4. The number of fused-ring (bicyclic) bond motifs is 5. The van der Waals surface area contributed by atoms with Crippen molar-refractivity contribution in [3.8, 4) is 0 Å². The van der Waals surface area contributed by atoms with Gasteiger partial charge in [-0.05, 0) is 82.0 Å². The highest BCUT2D eigenvalue weighted by Gasteiger charge is 2.73. The lowest BCUT2D eigenvalue weighted by atomic mass is 9.42. The van der Waals surface area contributed by atoms with E-state index in [0.29, 0.717) is 32.3 Å². The van der Waals surface area contributed by atoms with Gasteiger partial charge in [0.1, 0.15) is 6.10 Å². The van der Waals surface area contributed by atoms with Crippen LogP contribution in [0, 0.1) is 46.3 Å². The number of aliphatic imine (C=N–C) groups is 1. The van der Waals surface area contributed by atoms with Crippen LogP contribution in [-0.2, 0) is 9.53 Å². The van der Waals surface area contributed by atoms with Crippen LogP contribution < -0.4 is 0 Å². The van der Waals surface area contributed by atoms with Gasteiger partial charge in [0.2, 0.25) is 0 Å². The summed E-state index contributed by atoms with van der Waals surface area (Å²) in [4.78, 5) is 18.9. The van der Waals surface area contributed by atoms with Crippen LogP contribution in [0.2, 0.25) is 0 Å². The van der Waals surface area contributed by atoms with Crippen LogP contribution in [0.25, 0.3) is 0 Å². The normalized spacial score (nSPS) is 47.6. The predicted octanol–water partition coefficient (Wildman–Crippen LogP) is 2.41. The Morgan fingerprint density at radius 2 is 1.80 bits per heavy atom. The Morgan fingerprint density at radius 1 is 1.09 bits per heavy atom. The van der Waals surface area contributed by atoms with Crippen LogP contribution >= 0.6 is 0 Å². The van der Waals surface area contributed by atoms with Crippen LogP contribution in [0.3, 0.4) is 0 Å². The molecule has 264 valence electrons. The molecule has 0 aromatic heterocycles. The summed E-state index contributed by atoms with van der Waals surface area (Å²) in [5.41, 5.74) is -4.42. The number of carbonyl (C=O) groups is 1. The summed E-state index contributed by atoms with van der Waals surface area (Å²) in [5, 5.41) is 78.9. The molecule has 10 nitrogen and oxygen atoms in total. The van der Waals surface area contributed by atoms with Crippen molar-refractivity contribution in [2.45, 2.75) is 147 Å². The average Bonchev–Trinajstić information content (AvgIpc) is 3.53. The first-order valence-electron chi connectivity index (χ1n) is 18.1. The van der Waals surface area contributed by atoms with E-state index >= 15 is 0 Å². The molecule has 0 radical (unpaired) electrons. The maximum atomic E-state index is 14.2. The number of hydrogen-bond acceptors (Lipinski definition) is 10. The Bertz CT molecular complexity index is 1130. The van der Waals surface area contributed by atoms with Gasteiger partial charge < -0.3 is 40.5 Å². The molecule has 5 rings (SSSR count). The number of aliphatic hydroxyl groups excluding tert-OH is 5. The van der Waals surface area contributed by atoms with E-state index in [1.54, 1.807) is 13.8 Å². The summed E-state index contributed by atoms with van der Waals surface area (Å²) in [6.07, 6.45) is 2.74. The van der Waals surface area contributed by atoms with Gasteiger partial charge in [0.05, 0.1) is 54.5 Å². The lowest BCUT2D eigenvalue weighted by molar-refractivity contribution is -0.222. The third-order valence-electron chi connectivity index (χ3n) is 13.9. The molecule has 0 bridgehead atoms. The highest BCUT2D eigenvalue weighted by molar-refractivity contribution is 6.42. The maximum Gasteiger partial charge on any atom is 0.180 e. The fourth-order valence-electron chi connectivity index (χ4n) is 11.1. The van der Waals surface area contributed by atoms with Crippen molar-refractivity contribution >= 4 is 11.5 Å². The van der Waals surface area contributed by atoms with Gasteiger partial charge in [-0.1, -0.05) is 46.5 Å². The van der Waals surface area contributed by atoms with E-state index in [4.69, 9.17) is 4.74 Å². The van der Waals surface area contributed by atoms with Gasteiger partial charge in [0.25, 0.3) is 0 Å². The molecule has 5 fully saturated rings. The van der Waals surface area contributed by atoms with E-state index in [1.165, 1.54) is 0 Å². The van der Waals surface area contributed by atoms with E-state index < -0.39 is 70.3 Å². The molecular formula is C36H61NO9. The highest BCUT2D eigenvalue weighted by atomic mass is 16.5. The first-order valence-corrected chi connectivity index (χ1v) is 18.1. The molecule has 1 saturated heterocycles. The molecule has 4 saturated carbocycles. The Balaban J connectivity index is 1.45. The molecule has 7 N–H and O–H groups in total. The number of unbranched alkanes of at least 4 members (excludes halogenated alkanes) is 3. The third kappa shape index (κ3) is 5.74. The maximum absolute atomic E-state index is 14.2. The third-order valence-corrected chi connectivity index (χ3v) is 13.9. The number of nitrogens with zero attached hydrogens (tertiary/aromatic N) is 1. The number of hydrogen-bond donors (Lipinski definition) is 7. The van der Waals surface area contributed by atoms with Crippen molar-refractivity contribution in [1.82, 2.24) is 0 Å². The molecule has 46 heavy (non-hydrogen) atoms. The molecule has 0 spiro atoms. The number of aliphatic hydroxyl groups is 7. The van der Waals surface area contributed by atoms with Gasteiger partial charge in [0.15, 0.2) is 5.78 Å². The molecule has 4 aliphatic carbocycles. The molecule has 1 aliphatic heterocycles. The number of Topliss-reactive ketones (excluding diaryl/α,β-unsaturated/α-hetero) is 1. The van der Waals surface area contributed by atoms with Gasteiger partial charge in [-0.25, -0.2) is 0 Å². The lowest BCUT2D eigenvalue weighted by Gasteiger charge is -2.64. The number of carbonyl (C=O) groups excluding carboxylic acids is 1. The van der Waals surface area contributed by atoms with E-state index in [9.17, 15) is 40.5 Å². The largest absolute Gasteiger partial charge is 0.396 e. The first-order chi connectivity index (χ1) is 21.6. The number of ketones is 1. The van der Waals surface area contributed by atoms with E-state index in [-0.39, 0.29) is 55.2 Å². The van der Waals surface area contributed by atoms with Crippen molar-refractivity contribution in [3.63, 3.8) is 0 Å². The summed E-state index contributed by atoms with van der Waals surface area (Å²) in [7, 11) is 0. The molecule has 0 unspecified atom stereocenters. The van der Waals surface area contributed by atoms with Crippen LogP contribution in [0.15, 0.2) is 4.99 Å². The van der Waals surface area contributed by atoms with E-state index in [1.807, 2.05) is 13.8 Å². The molecule has 0 aromatic rings. The van der Waals surface area contributed by atoms with Crippen molar-refractivity contribution < 1.29 is 45.3 Å². The summed E-state index contributed by atoms with van der Waals surface area (Å²) >= 11 is 0. The Kier molecular flexibility index (Phi) is 10.6. The standard InChI is InChI=1S/C36H61NO9/c1-6-7-8-9-10-21-19-46-31(22(21)18-38)32(43)35(5,44)27-12-14-36(45)28-23(11-13-34(27,36)4)33(3)16-26(41)25(40)15-24(33)30(42)29(28)37-17-20(2)39/h20-28,31-32,38-41,43-45H,6-19H2,1-5H3/t20-,21+,22-,23-,24-,25+,26-,27-,28-,31+,32+,33+,34+,35+,36+/m0/s1. The molecule has 0 aromatic carbocycles. The molecule has 10 heteroatoms. The van der Waals surface area contributed by atoms with E-state index in [2.05, 4.69) is 11.9 Å². The molecule has 5 aliphatic rings. The Morgan fingerprint density at radius 3 is 2.46 bits per heavy atom. The minimum atomic E-state index is -1.66. The minimum absolute atomic E-state index is 0.00668. The summed E-state index contributed by atoms with van der Waals surface area (Å²) in [6, 6.07) is 0. The van der Waals surface area contributed by atoms with Crippen LogP contribution in [0.1, 0.15) is 105 Å². The molecule has 15 atom stereocenters. The summed E-state index contributed by atoms with van der Waals surface area (Å²) < 4.78 is 6.13. The van der Waals surface area contributed by atoms with Gasteiger partial charge >= 0.3 is 0 Å². The lowest BCUT2D eigenvalue weighted by Crippen LogP contribution is -2.70. The zero-order valence-electron chi connectivity index (χ0n) is 28.6. The van der Waals surface area contributed by atoms with Crippen molar-refractivity contribution in [3.05, 3.63) is 0 Å². The fraction of sp³-hybridized carbons (Fsp3) is 0.944. The van der Waals surface area contributed by atoms with Gasteiger partial charge in [0, 0.05) is 29.8 Å². The van der Waals surface area contributed by atoms with Crippen LogP contribution in [-0.4, -0.2) is 109 Å². The average molecular weight is 652 g/mol. The monoisotopic (exact) mass is 651 g/mol. The quantitative estimate of drug-likeness (QED) is 0.165. The predicted molar refractivity (Wildman–Crippen MR) is 173 cm³/mol. The summed E-state index contributed by atoms with van der Waals surface area (Å²) in [6.45, 7) is 9.64. The Labute approximate surface area is 274 Å². The molecule has 0 amide bonds.